The van der Waals surface area contributed by atoms with Gasteiger partial charge in [0.25, 0.3) is 0 Å². The molecule has 4 aliphatic rings. The maximum atomic E-state index is 7.38. The third-order valence-electron chi connectivity index (χ3n) is 14.8. The van der Waals surface area contributed by atoms with Gasteiger partial charge in [0.2, 0.25) is 11.8 Å². The van der Waals surface area contributed by atoms with Gasteiger partial charge in [-0.3, -0.25) is 0 Å². The van der Waals surface area contributed by atoms with Gasteiger partial charge in [0, 0.05) is 12.8 Å². The summed E-state index contributed by atoms with van der Waals surface area (Å²) < 4.78 is 37.2. The normalized spacial score (nSPS) is 18.3. The lowest BCUT2D eigenvalue weighted by molar-refractivity contribution is 0.162. The number of benzene rings is 8. The Morgan fingerprint density at radius 3 is 1.01 bits per heavy atom. The van der Waals surface area contributed by atoms with Crippen LogP contribution in [0.5, 0.6) is 23.0 Å². The number of fused-ring (bicyclic) bond motifs is 6. The van der Waals surface area contributed by atoms with E-state index in [0.717, 1.165) is 91.5 Å². The molecule has 8 aromatic carbocycles. The Labute approximate surface area is 415 Å². The van der Waals surface area contributed by atoms with Crippen LogP contribution in [0.25, 0.3) is 44.5 Å². The summed E-state index contributed by atoms with van der Waals surface area (Å²) in [6, 6.07) is 63.9. The predicted molar refractivity (Wildman–Crippen MR) is 281 cm³/mol. The molecule has 0 spiro atoms. The van der Waals surface area contributed by atoms with E-state index in [-0.39, 0.29) is 24.3 Å². The van der Waals surface area contributed by atoms with Crippen LogP contribution in [0.15, 0.2) is 192 Å². The third kappa shape index (κ3) is 8.27. The Bertz CT molecular complexity index is 2970. The van der Waals surface area contributed by atoms with Gasteiger partial charge in [0.15, 0.2) is 0 Å². The zero-order valence-electron chi connectivity index (χ0n) is 40.3. The number of ether oxygens (including phenoxy) is 6. The molecule has 0 fully saturated rings. The number of hydrogen-bond donors (Lipinski definition) is 0. The van der Waals surface area contributed by atoms with Crippen molar-refractivity contribution in [3.63, 3.8) is 0 Å². The molecule has 4 atom stereocenters. The molecule has 12 rings (SSSR count). The summed E-state index contributed by atoms with van der Waals surface area (Å²) in [6.07, 6.45) is 2.24. The standard InChI is InChI=1S/C63H54N2O6/c1-66-51-21-13-41(14-22-51)47-29-39(30-48(33-47)42-15-23-52(67-2)24-16-42)37-63(61-64-59-55-11-7-5-9-45(55)35-57(59)70-61,62-65-60-56-12-8-6-10-46(56)36-58(60)71-62)38-40-31-49(43-17-25-53(68-3)26-18-43)34-50(32-40)44-19-27-54(69-4)28-20-44/h5-34,57-60H,35-38H2,1-4H3/t57-,58-,59+,60+/m1/s1. The smallest absolute Gasteiger partial charge is 0.201 e. The Balaban J connectivity index is 1.08. The number of methoxy groups -OCH3 is 4. The summed E-state index contributed by atoms with van der Waals surface area (Å²) in [6.45, 7) is 0. The largest absolute Gasteiger partial charge is 0.497 e. The van der Waals surface area contributed by atoms with Gasteiger partial charge in [0.1, 0.15) is 52.7 Å². The molecule has 0 bridgehead atoms. The fourth-order valence-corrected chi connectivity index (χ4v) is 11.2. The summed E-state index contributed by atoms with van der Waals surface area (Å²) in [4.78, 5) is 11.4. The second-order valence-electron chi connectivity index (χ2n) is 19.1. The summed E-state index contributed by atoms with van der Waals surface area (Å²) >= 11 is 0. The quantitative estimate of drug-likeness (QED) is 0.108. The first kappa shape index (κ1) is 44.1. The maximum Gasteiger partial charge on any atom is 0.201 e. The molecule has 2 aliphatic carbocycles. The minimum atomic E-state index is -0.982. The zero-order valence-corrected chi connectivity index (χ0v) is 40.3. The van der Waals surface area contributed by atoms with E-state index in [0.29, 0.717) is 24.6 Å². The van der Waals surface area contributed by atoms with Gasteiger partial charge in [-0.15, -0.1) is 0 Å². The average Bonchev–Trinajstić information content (AvgIpc) is 4.21. The van der Waals surface area contributed by atoms with Crippen LogP contribution in [-0.4, -0.2) is 52.4 Å². The Kier molecular flexibility index (Phi) is 11.4. The van der Waals surface area contributed by atoms with Crippen molar-refractivity contribution in [3.05, 3.63) is 215 Å². The van der Waals surface area contributed by atoms with E-state index in [1.807, 2.05) is 48.5 Å². The van der Waals surface area contributed by atoms with Crippen LogP contribution in [0.4, 0.5) is 0 Å². The van der Waals surface area contributed by atoms with Crippen molar-refractivity contribution < 1.29 is 28.4 Å². The molecule has 2 heterocycles. The molecule has 0 saturated carbocycles. The van der Waals surface area contributed by atoms with E-state index < -0.39 is 5.41 Å². The van der Waals surface area contributed by atoms with Gasteiger partial charge in [-0.25, -0.2) is 9.98 Å². The highest BCUT2D eigenvalue weighted by Gasteiger charge is 2.55. The highest BCUT2D eigenvalue weighted by Crippen LogP contribution is 2.50. The number of aliphatic imine (C=N–C) groups is 2. The van der Waals surface area contributed by atoms with Crippen molar-refractivity contribution in [2.45, 2.75) is 50.0 Å². The minimum absolute atomic E-state index is 0.148. The van der Waals surface area contributed by atoms with Crippen LogP contribution in [-0.2, 0) is 35.2 Å². The second kappa shape index (κ2) is 18.3. The van der Waals surface area contributed by atoms with E-state index in [2.05, 4.69) is 133 Å². The van der Waals surface area contributed by atoms with E-state index >= 15 is 0 Å². The zero-order chi connectivity index (χ0) is 48.1. The molecule has 0 unspecified atom stereocenters. The lowest BCUT2D eigenvalue weighted by Crippen LogP contribution is -2.45. The molecular formula is C63H54N2O6. The topological polar surface area (TPSA) is 80.1 Å². The van der Waals surface area contributed by atoms with Gasteiger partial charge < -0.3 is 28.4 Å². The molecule has 71 heavy (non-hydrogen) atoms. The van der Waals surface area contributed by atoms with Crippen LogP contribution in [0, 0.1) is 5.41 Å². The lowest BCUT2D eigenvalue weighted by atomic mass is 9.74. The van der Waals surface area contributed by atoms with Gasteiger partial charge >= 0.3 is 0 Å². The summed E-state index contributed by atoms with van der Waals surface area (Å²) in [5.74, 6) is 4.54. The highest BCUT2D eigenvalue weighted by molar-refractivity contribution is 6.07. The lowest BCUT2D eigenvalue weighted by Gasteiger charge is -2.34. The maximum absolute atomic E-state index is 7.38. The Hall–Kier alpha value is -8.10. The van der Waals surface area contributed by atoms with Crippen LogP contribution in [0.2, 0.25) is 0 Å². The summed E-state index contributed by atoms with van der Waals surface area (Å²) in [5.41, 5.74) is 14.8. The van der Waals surface area contributed by atoms with Gasteiger partial charge in [-0.1, -0.05) is 121 Å². The van der Waals surface area contributed by atoms with Crippen molar-refractivity contribution in [3.8, 4) is 67.5 Å². The molecule has 8 heteroatoms. The van der Waals surface area contributed by atoms with Crippen LogP contribution in [0.3, 0.4) is 0 Å². The third-order valence-corrected chi connectivity index (χ3v) is 14.8. The minimum Gasteiger partial charge on any atom is -0.497 e. The predicted octanol–water partition coefficient (Wildman–Crippen LogP) is 13.3. The molecule has 0 N–H and O–H groups in total. The van der Waals surface area contributed by atoms with Gasteiger partial charge in [0.05, 0.1) is 28.4 Å². The Morgan fingerprint density at radius 1 is 0.394 bits per heavy atom. The fraction of sp³-hybridized carbons (Fsp3) is 0.206. The van der Waals surface area contributed by atoms with Crippen molar-refractivity contribution >= 4 is 11.8 Å². The van der Waals surface area contributed by atoms with E-state index in [4.69, 9.17) is 38.4 Å². The summed E-state index contributed by atoms with van der Waals surface area (Å²) in [5, 5.41) is 0. The first-order valence-electron chi connectivity index (χ1n) is 24.4. The molecule has 0 saturated heterocycles. The van der Waals surface area contributed by atoms with Crippen LogP contribution >= 0.6 is 0 Å². The molecule has 352 valence electrons. The molecule has 8 nitrogen and oxygen atoms in total. The SMILES string of the molecule is COc1ccc(-c2cc(CC(Cc3cc(-c4ccc(OC)cc4)cc(-c4ccc(OC)cc4)c3)(C3=N[C@H]4c5ccccc5C[C@H]4O3)C3=N[C@H]4c5ccccc5C[C@H]4O3)cc(-c3ccc(OC)cc3)c2)cc1. The van der Waals surface area contributed by atoms with Crippen LogP contribution < -0.4 is 18.9 Å². The second-order valence-corrected chi connectivity index (χ2v) is 19.1. The first-order chi connectivity index (χ1) is 34.9. The van der Waals surface area contributed by atoms with Crippen molar-refractivity contribution in [1.82, 2.24) is 0 Å². The molecule has 0 aromatic heterocycles. The molecule has 8 aromatic rings. The Morgan fingerprint density at radius 2 is 0.704 bits per heavy atom. The van der Waals surface area contributed by atoms with E-state index in [1.165, 1.54) is 22.3 Å². The average molecular weight is 935 g/mol. The van der Waals surface area contributed by atoms with Crippen molar-refractivity contribution in [2.75, 3.05) is 28.4 Å². The van der Waals surface area contributed by atoms with Gasteiger partial charge in [-0.05, 0) is 151 Å². The van der Waals surface area contributed by atoms with Crippen LogP contribution in [0.1, 0.15) is 45.5 Å². The monoisotopic (exact) mass is 934 g/mol. The highest BCUT2D eigenvalue weighted by atomic mass is 16.5. The number of hydrogen-bond acceptors (Lipinski definition) is 8. The molecular weight excluding hydrogens is 881 g/mol. The van der Waals surface area contributed by atoms with Crippen molar-refractivity contribution in [1.29, 1.82) is 0 Å². The van der Waals surface area contributed by atoms with E-state index in [1.54, 1.807) is 28.4 Å². The number of nitrogens with zero attached hydrogens (tertiary/aromatic N) is 2. The molecule has 0 radical (unpaired) electrons. The van der Waals surface area contributed by atoms with Crippen molar-refractivity contribution in [2.24, 2.45) is 15.4 Å². The molecule has 2 aliphatic heterocycles. The number of rotatable bonds is 14. The molecule has 0 amide bonds. The van der Waals surface area contributed by atoms with E-state index in [9.17, 15) is 0 Å². The first-order valence-corrected chi connectivity index (χ1v) is 24.4. The fourth-order valence-electron chi connectivity index (χ4n) is 11.2. The van der Waals surface area contributed by atoms with Gasteiger partial charge in [-0.2, -0.15) is 0 Å². The summed E-state index contributed by atoms with van der Waals surface area (Å²) in [7, 11) is 6.80.